The van der Waals surface area contributed by atoms with E-state index in [0.717, 1.165) is 18.4 Å². The Morgan fingerprint density at radius 2 is 1.83 bits per heavy atom. The van der Waals surface area contributed by atoms with Crippen molar-refractivity contribution in [2.24, 2.45) is 0 Å². The Hall–Kier alpha value is -2.66. The second kappa shape index (κ2) is 7.88. The van der Waals surface area contributed by atoms with Gasteiger partial charge in [-0.25, -0.2) is 9.97 Å². The van der Waals surface area contributed by atoms with Gasteiger partial charge >= 0.3 is 0 Å². The molecule has 0 unspecified atom stereocenters. The number of ether oxygens (including phenoxy) is 1. The molecule has 1 aliphatic carbocycles. The van der Waals surface area contributed by atoms with Crippen molar-refractivity contribution in [2.75, 3.05) is 11.9 Å². The minimum absolute atomic E-state index is 0.311. The van der Waals surface area contributed by atoms with Gasteiger partial charge in [0, 0.05) is 11.6 Å². The van der Waals surface area contributed by atoms with Gasteiger partial charge in [-0.1, -0.05) is 48.4 Å². The van der Waals surface area contributed by atoms with E-state index >= 15 is 0 Å². The number of benzene rings is 1. The first-order valence-corrected chi connectivity index (χ1v) is 10.2. The third kappa shape index (κ3) is 3.31. The molecule has 1 saturated heterocycles. The molecule has 158 valence electrons. The van der Waals surface area contributed by atoms with Crippen LogP contribution in [0.2, 0.25) is 0 Å². The molecule has 2 fully saturated rings. The van der Waals surface area contributed by atoms with Crippen LogP contribution in [-0.2, 0) is 4.74 Å². The second-order valence-electron chi connectivity index (χ2n) is 7.82. The summed E-state index contributed by atoms with van der Waals surface area (Å²) in [5.74, 6) is 1.09. The predicted octanol–water partition coefficient (Wildman–Crippen LogP) is 0.854. The summed E-state index contributed by atoms with van der Waals surface area (Å²) < 4.78 is 6.99. The lowest BCUT2D eigenvalue weighted by atomic mass is 10.1. The molecular formula is C20H24N6O4. The number of aromatic nitrogens is 5. The summed E-state index contributed by atoms with van der Waals surface area (Å²) in [6, 6.07) is 9.89. The zero-order valence-corrected chi connectivity index (χ0v) is 16.3. The Labute approximate surface area is 172 Å². The van der Waals surface area contributed by atoms with E-state index in [1.165, 1.54) is 17.5 Å². The highest BCUT2D eigenvalue weighted by molar-refractivity contribution is 5.84. The first-order valence-electron chi connectivity index (χ1n) is 10.2. The largest absolute Gasteiger partial charge is 0.394 e. The molecule has 30 heavy (non-hydrogen) atoms. The van der Waals surface area contributed by atoms with Gasteiger partial charge in [-0.05, 0) is 12.8 Å². The Kier molecular flexibility index (Phi) is 5.07. The van der Waals surface area contributed by atoms with Gasteiger partial charge in [-0.2, -0.15) is 4.68 Å². The molecule has 5 rings (SSSR count). The fourth-order valence-corrected chi connectivity index (χ4v) is 4.16. The van der Waals surface area contributed by atoms with Gasteiger partial charge < -0.3 is 25.4 Å². The quantitative estimate of drug-likeness (QED) is 0.480. The van der Waals surface area contributed by atoms with Gasteiger partial charge in [-0.15, -0.1) is 5.10 Å². The summed E-state index contributed by atoms with van der Waals surface area (Å²) in [4.78, 5) is 9.36. The fourth-order valence-electron chi connectivity index (χ4n) is 4.16. The van der Waals surface area contributed by atoms with Gasteiger partial charge in [0.2, 0.25) is 0 Å². The number of nitrogens with one attached hydrogen (secondary N) is 1. The molecule has 10 heteroatoms. The van der Waals surface area contributed by atoms with Crippen LogP contribution < -0.4 is 5.32 Å². The molecule has 0 bridgehead atoms. The number of hydrogen-bond donors (Lipinski definition) is 4. The number of nitrogens with zero attached hydrogens (tertiary/aromatic N) is 5. The van der Waals surface area contributed by atoms with E-state index in [1.807, 2.05) is 30.3 Å². The summed E-state index contributed by atoms with van der Waals surface area (Å²) in [6.45, 7) is -0.417. The lowest BCUT2D eigenvalue weighted by Crippen LogP contribution is -2.33. The maximum atomic E-state index is 10.4. The van der Waals surface area contributed by atoms with Gasteiger partial charge in [0.15, 0.2) is 29.0 Å². The molecule has 1 saturated carbocycles. The van der Waals surface area contributed by atoms with Gasteiger partial charge in [-0.3, -0.25) is 0 Å². The van der Waals surface area contributed by atoms with Crippen molar-refractivity contribution in [1.29, 1.82) is 0 Å². The average Bonchev–Trinajstić information content (AvgIpc) is 3.50. The third-order valence-electron chi connectivity index (χ3n) is 5.81. The number of aliphatic hydroxyl groups excluding tert-OH is 3. The minimum atomic E-state index is -1.27. The van der Waals surface area contributed by atoms with Crippen LogP contribution in [0.1, 0.15) is 31.9 Å². The molecule has 4 N–H and O–H groups in total. The highest BCUT2D eigenvalue weighted by atomic mass is 16.6. The highest BCUT2D eigenvalue weighted by Gasteiger charge is 2.45. The lowest BCUT2D eigenvalue weighted by Gasteiger charge is -2.16. The molecule has 0 amide bonds. The lowest BCUT2D eigenvalue weighted by molar-refractivity contribution is -0.0574. The Bertz CT molecular complexity index is 1020. The number of aliphatic hydroxyl groups is 3. The van der Waals surface area contributed by atoms with Crippen LogP contribution in [0.15, 0.2) is 30.3 Å². The van der Waals surface area contributed by atoms with Crippen molar-refractivity contribution in [1.82, 2.24) is 25.0 Å². The van der Waals surface area contributed by atoms with E-state index in [4.69, 9.17) is 9.72 Å². The van der Waals surface area contributed by atoms with Crippen LogP contribution in [0.3, 0.4) is 0 Å². The van der Waals surface area contributed by atoms with Crippen LogP contribution in [-0.4, -0.2) is 71.2 Å². The maximum absolute atomic E-state index is 10.4. The summed E-state index contributed by atoms with van der Waals surface area (Å²) in [7, 11) is 0. The van der Waals surface area contributed by atoms with Crippen molar-refractivity contribution < 1.29 is 20.1 Å². The molecule has 0 spiro atoms. The monoisotopic (exact) mass is 412 g/mol. The minimum Gasteiger partial charge on any atom is -0.394 e. The SMILES string of the molecule is OC[C@H]1O[C@@H](n2nnc3c(NC4CCCC4)nc(-c4ccccc4)nc32)[C@H](O)[C@@H]1O. The molecule has 1 aliphatic heterocycles. The van der Waals surface area contributed by atoms with Crippen molar-refractivity contribution in [3.8, 4) is 11.4 Å². The molecule has 3 aromatic rings. The average molecular weight is 412 g/mol. The molecule has 3 heterocycles. The summed E-state index contributed by atoms with van der Waals surface area (Å²) in [5, 5.41) is 41.8. The maximum Gasteiger partial charge on any atom is 0.187 e. The molecule has 2 aromatic heterocycles. The predicted molar refractivity (Wildman–Crippen MR) is 107 cm³/mol. The van der Waals surface area contributed by atoms with Crippen molar-refractivity contribution in [2.45, 2.75) is 56.3 Å². The number of rotatable bonds is 5. The van der Waals surface area contributed by atoms with E-state index in [0.29, 0.717) is 28.8 Å². The summed E-state index contributed by atoms with van der Waals surface area (Å²) >= 11 is 0. The van der Waals surface area contributed by atoms with Crippen molar-refractivity contribution in [3.63, 3.8) is 0 Å². The first kappa shape index (κ1) is 19.3. The van der Waals surface area contributed by atoms with Gasteiger partial charge in [0.05, 0.1) is 6.61 Å². The number of hydrogen-bond acceptors (Lipinski definition) is 9. The Balaban J connectivity index is 1.61. The first-order chi connectivity index (χ1) is 14.7. The van der Waals surface area contributed by atoms with Crippen LogP contribution in [0.5, 0.6) is 0 Å². The van der Waals surface area contributed by atoms with E-state index in [1.54, 1.807) is 0 Å². The molecular weight excluding hydrogens is 388 g/mol. The Morgan fingerprint density at radius 1 is 1.07 bits per heavy atom. The molecule has 4 atom stereocenters. The van der Waals surface area contributed by atoms with Crippen LogP contribution in [0.25, 0.3) is 22.6 Å². The third-order valence-corrected chi connectivity index (χ3v) is 5.81. The van der Waals surface area contributed by atoms with Crippen molar-refractivity contribution in [3.05, 3.63) is 30.3 Å². The highest BCUT2D eigenvalue weighted by Crippen LogP contribution is 2.33. The van der Waals surface area contributed by atoms with E-state index in [9.17, 15) is 15.3 Å². The molecule has 2 aliphatic rings. The van der Waals surface area contributed by atoms with Crippen LogP contribution in [0.4, 0.5) is 5.82 Å². The summed E-state index contributed by atoms with van der Waals surface area (Å²) in [5.41, 5.74) is 1.70. The van der Waals surface area contributed by atoms with E-state index in [2.05, 4.69) is 20.6 Å². The van der Waals surface area contributed by atoms with E-state index in [-0.39, 0.29) is 0 Å². The van der Waals surface area contributed by atoms with Crippen LogP contribution >= 0.6 is 0 Å². The number of anilines is 1. The topological polar surface area (TPSA) is 138 Å². The second-order valence-corrected chi connectivity index (χ2v) is 7.82. The molecule has 1 aromatic carbocycles. The standard InChI is InChI=1S/C20H24N6O4/c27-10-13-15(28)16(29)20(30-13)26-19-14(24-25-26)18(21-12-8-4-5-9-12)22-17(23-19)11-6-2-1-3-7-11/h1-3,6-7,12-13,15-16,20,27-29H,4-5,8-10H2,(H,21,22,23)/t13-,15-,16-,20-/m1/s1. The molecule has 0 radical (unpaired) electrons. The van der Waals surface area contributed by atoms with Gasteiger partial charge in [0.1, 0.15) is 18.3 Å². The smallest absolute Gasteiger partial charge is 0.187 e. The van der Waals surface area contributed by atoms with E-state index < -0.39 is 31.1 Å². The normalized spacial score (nSPS) is 27.2. The van der Waals surface area contributed by atoms with Crippen LogP contribution in [0, 0.1) is 0 Å². The zero-order chi connectivity index (χ0) is 20.7. The Morgan fingerprint density at radius 3 is 2.53 bits per heavy atom. The fraction of sp³-hybridized carbons (Fsp3) is 0.500. The number of fused-ring (bicyclic) bond motifs is 1. The molecule has 10 nitrogen and oxygen atoms in total. The van der Waals surface area contributed by atoms with Gasteiger partial charge in [0.25, 0.3) is 0 Å². The van der Waals surface area contributed by atoms with Crippen molar-refractivity contribution >= 4 is 17.0 Å². The summed E-state index contributed by atoms with van der Waals surface area (Å²) in [6.07, 6.45) is 0.0545. The zero-order valence-electron chi connectivity index (χ0n) is 16.3.